The molecule has 0 aromatic carbocycles. The number of allylic oxidation sites excluding steroid dienone is 2. The lowest BCUT2D eigenvalue weighted by molar-refractivity contribution is -0.241. The summed E-state index contributed by atoms with van der Waals surface area (Å²) in [6.45, 7) is 14.0. The highest BCUT2D eigenvalue weighted by Gasteiger charge is 2.69. The van der Waals surface area contributed by atoms with Gasteiger partial charge in [-0.2, -0.15) is 0 Å². The maximum absolute atomic E-state index is 12.4. The van der Waals surface area contributed by atoms with Crippen LogP contribution in [0, 0.1) is 40.4 Å². The summed E-state index contributed by atoms with van der Waals surface area (Å²) >= 11 is 0. The summed E-state index contributed by atoms with van der Waals surface area (Å²) in [5, 5.41) is 23.0. The maximum atomic E-state index is 12.4. The lowest BCUT2D eigenvalue weighted by atomic mass is 9.44. The first kappa shape index (κ1) is 24.5. The van der Waals surface area contributed by atoms with Crippen LogP contribution in [-0.4, -0.2) is 34.6 Å². The lowest BCUT2D eigenvalue weighted by Gasteiger charge is -2.65. The Morgan fingerprint density at radius 2 is 1.75 bits per heavy atom. The Morgan fingerprint density at radius 3 is 2.41 bits per heavy atom. The number of hydrogen-bond acceptors (Lipinski definition) is 3. The number of ether oxygens (including phenoxy) is 1. The maximum Gasteiger partial charge on any atom is 0.0941 e. The van der Waals surface area contributed by atoms with Crippen LogP contribution in [0.3, 0.4) is 0 Å². The summed E-state index contributed by atoms with van der Waals surface area (Å²) in [4.78, 5) is 0. The third-order valence-corrected chi connectivity index (χ3v) is 11.2. The molecule has 0 amide bonds. The molecule has 0 unspecified atom stereocenters. The van der Waals surface area contributed by atoms with Gasteiger partial charge in [-0.05, 0) is 91.9 Å². The normalized spacial score (nSPS) is 48.2. The molecule has 0 heterocycles. The molecule has 4 rings (SSSR count). The molecule has 0 saturated heterocycles. The zero-order valence-corrected chi connectivity index (χ0v) is 21.7. The van der Waals surface area contributed by atoms with Crippen LogP contribution in [-0.2, 0) is 4.74 Å². The summed E-state index contributed by atoms with van der Waals surface area (Å²) in [5.41, 5.74) is -0.148. The molecule has 2 N–H and O–H groups in total. The molecule has 3 saturated carbocycles. The van der Waals surface area contributed by atoms with Crippen molar-refractivity contribution in [3.8, 4) is 0 Å². The van der Waals surface area contributed by atoms with Gasteiger partial charge in [-0.3, -0.25) is 0 Å². The summed E-state index contributed by atoms with van der Waals surface area (Å²) in [6.07, 6.45) is 14.3. The predicted octanol–water partition coefficient (Wildman–Crippen LogP) is 6.29. The highest BCUT2D eigenvalue weighted by atomic mass is 16.5. The first-order chi connectivity index (χ1) is 14.9. The standard InChI is InChI=1S/C29H48O3/c1-19(2)20(3)8-9-21(4)23-10-11-24-25-13-15-28(32-7)14-12-22(30)18-27(28,6)29(25,31)17-16-26(23,24)5/h8-9,13,19-24,30-31H,10-12,14-18H2,1-7H3/b9-8+/t20-,21+,22+,23+,24-,26+,27-,28-,29+/m0/s1. The lowest BCUT2D eigenvalue weighted by Crippen LogP contribution is -2.69. The number of rotatable bonds is 5. The number of aliphatic hydroxyl groups excluding tert-OH is 1. The molecule has 4 aliphatic carbocycles. The quantitative estimate of drug-likeness (QED) is 0.490. The fourth-order valence-corrected chi connectivity index (χ4v) is 8.49. The molecule has 0 aliphatic heterocycles. The van der Waals surface area contributed by atoms with Crippen LogP contribution < -0.4 is 0 Å². The Morgan fingerprint density at radius 1 is 1.03 bits per heavy atom. The molecule has 0 aromatic heterocycles. The Bertz CT molecular complexity index is 770. The van der Waals surface area contributed by atoms with E-state index in [1.165, 1.54) is 18.4 Å². The van der Waals surface area contributed by atoms with E-state index in [9.17, 15) is 10.2 Å². The zero-order chi connectivity index (χ0) is 23.5. The topological polar surface area (TPSA) is 49.7 Å². The van der Waals surface area contributed by atoms with Crippen LogP contribution in [0.1, 0.15) is 92.9 Å². The first-order valence-corrected chi connectivity index (χ1v) is 13.3. The highest BCUT2D eigenvalue weighted by Crippen LogP contribution is 2.69. The summed E-state index contributed by atoms with van der Waals surface area (Å²) in [7, 11) is 1.81. The Kier molecular flexibility index (Phi) is 6.30. The average molecular weight is 445 g/mol. The van der Waals surface area contributed by atoms with Crippen molar-refractivity contribution < 1.29 is 14.9 Å². The van der Waals surface area contributed by atoms with E-state index in [1.807, 2.05) is 7.11 Å². The van der Waals surface area contributed by atoms with Crippen LogP contribution in [0.5, 0.6) is 0 Å². The van der Waals surface area contributed by atoms with E-state index < -0.39 is 11.0 Å². The Balaban J connectivity index is 1.65. The molecule has 0 bridgehead atoms. The Labute approximate surface area is 196 Å². The van der Waals surface area contributed by atoms with Crippen molar-refractivity contribution >= 4 is 0 Å². The zero-order valence-electron chi connectivity index (χ0n) is 21.7. The number of methoxy groups -OCH3 is 1. The molecule has 0 radical (unpaired) electrons. The third kappa shape index (κ3) is 3.32. The van der Waals surface area contributed by atoms with E-state index in [0.717, 1.165) is 32.1 Å². The molecule has 0 spiro atoms. The van der Waals surface area contributed by atoms with Gasteiger partial charge >= 0.3 is 0 Å². The van der Waals surface area contributed by atoms with Crippen LogP contribution in [0.2, 0.25) is 0 Å². The van der Waals surface area contributed by atoms with Gasteiger partial charge in [0.25, 0.3) is 0 Å². The van der Waals surface area contributed by atoms with E-state index in [2.05, 4.69) is 59.8 Å². The molecular formula is C29H48O3. The minimum atomic E-state index is -0.868. The largest absolute Gasteiger partial charge is 0.393 e. The number of fused-ring (bicyclic) bond motifs is 5. The van der Waals surface area contributed by atoms with E-state index in [0.29, 0.717) is 36.0 Å². The van der Waals surface area contributed by atoms with Gasteiger partial charge < -0.3 is 14.9 Å². The van der Waals surface area contributed by atoms with Gasteiger partial charge in [-0.1, -0.05) is 59.8 Å². The molecule has 9 atom stereocenters. The second-order valence-electron chi connectivity index (χ2n) is 12.7. The second kappa shape index (κ2) is 8.24. The number of hydrogen-bond donors (Lipinski definition) is 2. The van der Waals surface area contributed by atoms with E-state index in [1.54, 1.807) is 0 Å². The van der Waals surface area contributed by atoms with Crippen molar-refractivity contribution in [3.05, 3.63) is 23.8 Å². The van der Waals surface area contributed by atoms with Crippen molar-refractivity contribution in [2.75, 3.05) is 7.11 Å². The molecular weight excluding hydrogens is 396 g/mol. The molecule has 3 fully saturated rings. The van der Waals surface area contributed by atoms with Crippen LogP contribution in [0.4, 0.5) is 0 Å². The van der Waals surface area contributed by atoms with Gasteiger partial charge in [0.1, 0.15) is 0 Å². The van der Waals surface area contributed by atoms with Gasteiger partial charge in [0.05, 0.1) is 17.3 Å². The molecule has 32 heavy (non-hydrogen) atoms. The second-order valence-corrected chi connectivity index (χ2v) is 12.7. The summed E-state index contributed by atoms with van der Waals surface area (Å²) in [5.74, 6) is 2.95. The van der Waals surface area contributed by atoms with Crippen molar-refractivity contribution in [2.24, 2.45) is 40.4 Å². The Hall–Kier alpha value is -0.640. The first-order valence-electron chi connectivity index (χ1n) is 13.3. The van der Waals surface area contributed by atoms with E-state index >= 15 is 0 Å². The minimum absolute atomic E-state index is 0.236. The average Bonchev–Trinajstić information content (AvgIpc) is 3.09. The molecule has 0 aromatic rings. The van der Waals surface area contributed by atoms with Gasteiger partial charge in [0, 0.05) is 12.5 Å². The SMILES string of the molecule is CO[C@@]12CC=C3[C@@H]4CC[C@H]([C@H](C)/C=C/[C@H](C)C(C)C)[C@@]4(C)CC[C@]3(O)[C@@]1(C)C[C@H](O)CC2. The summed E-state index contributed by atoms with van der Waals surface area (Å²) < 4.78 is 6.19. The van der Waals surface area contributed by atoms with Crippen molar-refractivity contribution in [2.45, 2.75) is 110 Å². The highest BCUT2D eigenvalue weighted by molar-refractivity contribution is 5.38. The molecule has 4 aliphatic rings. The van der Waals surface area contributed by atoms with E-state index in [4.69, 9.17) is 4.74 Å². The van der Waals surface area contributed by atoms with Crippen LogP contribution in [0.25, 0.3) is 0 Å². The monoisotopic (exact) mass is 444 g/mol. The van der Waals surface area contributed by atoms with Crippen LogP contribution >= 0.6 is 0 Å². The minimum Gasteiger partial charge on any atom is -0.393 e. The predicted molar refractivity (Wildman–Crippen MR) is 131 cm³/mol. The van der Waals surface area contributed by atoms with Crippen LogP contribution in [0.15, 0.2) is 23.8 Å². The van der Waals surface area contributed by atoms with Gasteiger partial charge in [0.15, 0.2) is 0 Å². The smallest absolute Gasteiger partial charge is 0.0941 e. The van der Waals surface area contributed by atoms with Gasteiger partial charge in [-0.25, -0.2) is 0 Å². The van der Waals surface area contributed by atoms with Crippen molar-refractivity contribution in [1.82, 2.24) is 0 Å². The van der Waals surface area contributed by atoms with Crippen molar-refractivity contribution in [3.63, 3.8) is 0 Å². The fraction of sp³-hybridized carbons (Fsp3) is 0.862. The van der Waals surface area contributed by atoms with E-state index in [-0.39, 0.29) is 17.1 Å². The van der Waals surface area contributed by atoms with Crippen molar-refractivity contribution in [1.29, 1.82) is 0 Å². The molecule has 182 valence electrons. The number of aliphatic hydroxyl groups is 2. The summed E-state index contributed by atoms with van der Waals surface area (Å²) in [6, 6.07) is 0. The fourth-order valence-electron chi connectivity index (χ4n) is 8.49. The van der Waals surface area contributed by atoms with Gasteiger partial charge in [0.2, 0.25) is 0 Å². The third-order valence-electron chi connectivity index (χ3n) is 11.2. The molecule has 3 nitrogen and oxygen atoms in total. The molecule has 3 heteroatoms. The van der Waals surface area contributed by atoms with Gasteiger partial charge in [-0.15, -0.1) is 0 Å².